The Morgan fingerprint density at radius 2 is 1.95 bits per heavy atom. The van der Waals surface area contributed by atoms with Crippen LogP contribution < -0.4 is 10.6 Å². The van der Waals surface area contributed by atoms with E-state index in [0.29, 0.717) is 16.6 Å². The largest absolute Gasteiger partial charge is 0.396 e. The molecule has 0 saturated carbocycles. The lowest BCUT2D eigenvalue weighted by atomic mass is 10.2. The summed E-state index contributed by atoms with van der Waals surface area (Å²) < 4.78 is 0. The van der Waals surface area contributed by atoms with Crippen LogP contribution in [0.2, 0.25) is 0 Å². The lowest BCUT2D eigenvalue weighted by molar-refractivity contribution is -0.112. The van der Waals surface area contributed by atoms with E-state index in [0.717, 1.165) is 17.9 Å². The lowest BCUT2D eigenvalue weighted by Gasteiger charge is -2.15. The van der Waals surface area contributed by atoms with Crippen molar-refractivity contribution >= 4 is 23.4 Å². The molecule has 0 aromatic heterocycles. The Balaban J connectivity index is 2.80. The molecule has 0 fully saturated rings. The third-order valence-corrected chi connectivity index (χ3v) is 3.86. The van der Waals surface area contributed by atoms with Gasteiger partial charge >= 0.3 is 0 Å². The second-order valence-electron chi connectivity index (χ2n) is 5.12. The van der Waals surface area contributed by atoms with Gasteiger partial charge in [-0.25, -0.2) is 0 Å². The number of allylic oxidation sites excluding steroid dienone is 1. The lowest BCUT2D eigenvalue weighted by Crippen LogP contribution is -2.23. The van der Waals surface area contributed by atoms with Gasteiger partial charge in [-0.1, -0.05) is 32.0 Å². The molecule has 0 aliphatic heterocycles. The van der Waals surface area contributed by atoms with E-state index < -0.39 is 0 Å². The smallest absolute Gasteiger partial charge is 0.263 e. The molecule has 3 N–H and O–H groups in total. The molecule has 1 aromatic rings. The molecule has 0 heterocycles. The fraction of sp³-hybridized carbons (Fsp3) is 0.438. The van der Waals surface area contributed by atoms with Crippen LogP contribution in [0.5, 0.6) is 0 Å². The zero-order chi connectivity index (χ0) is 15.7. The highest BCUT2D eigenvalue weighted by Gasteiger charge is 2.14. The van der Waals surface area contributed by atoms with Gasteiger partial charge in [0.05, 0.1) is 11.5 Å². The molecule has 116 valence electrons. The van der Waals surface area contributed by atoms with E-state index in [2.05, 4.69) is 24.5 Å². The van der Waals surface area contributed by atoms with Gasteiger partial charge in [0.2, 0.25) is 0 Å². The molecule has 21 heavy (non-hydrogen) atoms. The van der Waals surface area contributed by atoms with Crippen molar-refractivity contribution in [1.29, 1.82) is 0 Å². The minimum absolute atomic E-state index is 0.0459. The molecule has 0 saturated heterocycles. The highest BCUT2D eigenvalue weighted by Crippen LogP contribution is 2.21. The van der Waals surface area contributed by atoms with Crippen LogP contribution in [0.4, 0.5) is 5.69 Å². The highest BCUT2D eigenvalue weighted by molar-refractivity contribution is 8.04. The molecule has 1 rings (SSSR count). The van der Waals surface area contributed by atoms with E-state index in [-0.39, 0.29) is 12.5 Å². The molecule has 0 unspecified atom stereocenters. The first-order valence-electron chi connectivity index (χ1n) is 7.09. The van der Waals surface area contributed by atoms with Gasteiger partial charge in [0, 0.05) is 23.7 Å². The van der Waals surface area contributed by atoms with Gasteiger partial charge in [-0.15, -0.1) is 11.8 Å². The number of carbonyl (C=O) groups is 1. The molecule has 4 nitrogen and oxygen atoms in total. The Morgan fingerprint density at radius 1 is 1.29 bits per heavy atom. The van der Waals surface area contributed by atoms with Crippen molar-refractivity contribution in [3.63, 3.8) is 0 Å². The van der Waals surface area contributed by atoms with Crippen LogP contribution in [0.25, 0.3) is 0 Å². The van der Waals surface area contributed by atoms with Gasteiger partial charge in [0.1, 0.15) is 0 Å². The first kappa shape index (κ1) is 17.6. The number of amides is 1. The maximum Gasteiger partial charge on any atom is 0.263 e. The standard InChI is InChI=1S/C16H24N2O2S/c1-12(2)11-17-13(3)15(21-10-9-19)16(20)18-14-7-5-4-6-8-14/h4-8,12,17,19H,9-11H2,1-3H3,(H,18,20)/b15-13+. The number of carbonyl (C=O) groups excluding carboxylic acids is 1. The summed E-state index contributed by atoms with van der Waals surface area (Å²) in [7, 11) is 0. The predicted molar refractivity (Wildman–Crippen MR) is 90.2 cm³/mol. The first-order chi connectivity index (χ1) is 10.0. The summed E-state index contributed by atoms with van der Waals surface area (Å²) in [5.41, 5.74) is 1.61. The SMILES string of the molecule is C/C(NCC(C)C)=C(\SCCO)C(=O)Nc1ccccc1. The summed E-state index contributed by atoms with van der Waals surface area (Å²) in [6.07, 6.45) is 0. The Bertz CT molecular complexity index is 472. The number of nitrogens with one attached hydrogen (secondary N) is 2. The molecule has 0 aliphatic rings. The zero-order valence-electron chi connectivity index (χ0n) is 12.8. The minimum atomic E-state index is -0.145. The summed E-state index contributed by atoms with van der Waals surface area (Å²) >= 11 is 1.36. The fourth-order valence-corrected chi connectivity index (χ4v) is 2.40. The van der Waals surface area contributed by atoms with Gasteiger partial charge < -0.3 is 15.7 Å². The van der Waals surface area contributed by atoms with Crippen molar-refractivity contribution in [3.8, 4) is 0 Å². The molecule has 1 amide bonds. The van der Waals surface area contributed by atoms with Crippen LogP contribution in [0.3, 0.4) is 0 Å². The zero-order valence-corrected chi connectivity index (χ0v) is 13.7. The number of thioether (sulfide) groups is 1. The van der Waals surface area contributed by atoms with E-state index in [1.165, 1.54) is 11.8 Å². The van der Waals surface area contributed by atoms with Crippen LogP contribution in [-0.2, 0) is 4.79 Å². The number of aliphatic hydroxyl groups excluding tert-OH is 1. The third-order valence-electron chi connectivity index (χ3n) is 2.69. The van der Waals surface area contributed by atoms with Crippen LogP contribution in [-0.4, -0.2) is 29.9 Å². The van der Waals surface area contributed by atoms with Gasteiger partial charge in [0.15, 0.2) is 0 Å². The molecule has 0 spiro atoms. The van der Waals surface area contributed by atoms with Crippen molar-refractivity contribution in [2.75, 3.05) is 24.2 Å². The van der Waals surface area contributed by atoms with Gasteiger partial charge in [0.25, 0.3) is 5.91 Å². The Hall–Kier alpha value is -1.46. The number of hydrogen-bond acceptors (Lipinski definition) is 4. The Morgan fingerprint density at radius 3 is 2.52 bits per heavy atom. The van der Waals surface area contributed by atoms with Crippen molar-refractivity contribution in [3.05, 3.63) is 40.9 Å². The first-order valence-corrected chi connectivity index (χ1v) is 8.08. The average Bonchev–Trinajstić information content (AvgIpc) is 2.46. The van der Waals surface area contributed by atoms with Crippen LogP contribution >= 0.6 is 11.8 Å². The maximum absolute atomic E-state index is 12.4. The van der Waals surface area contributed by atoms with Gasteiger partial charge in [-0.3, -0.25) is 4.79 Å². The molecule has 0 atom stereocenters. The summed E-state index contributed by atoms with van der Waals surface area (Å²) in [5, 5.41) is 15.1. The molecule has 0 aliphatic carbocycles. The molecular weight excluding hydrogens is 284 g/mol. The number of aliphatic hydroxyl groups is 1. The maximum atomic E-state index is 12.4. The van der Waals surface area contributed by atoms with E-state index >= 15 is 0 Å². The average molecular weight is 308 g/mol. The summed E-state index contributed by atoms with van der Waals surface area (Å²) in [6.45, 7) is 6.99. The van der Waals surface area contributed by atoms with Crippen molar-refractivity contribution < 1.29 is 9.90 Å². The van der Waals surface area contributed by atoms with E-state index in [9.17, 15) is 4.79 Å². The summed E-state index contributed by atoms with van der Waals surface area (Å²) in [6, 6.07) is 9.36. The van der Waals surface area contributed by atoms with Crippen LogP contribution in [0.15, 0.2) is 40.9 Å². The van der Waals surface area contributed by atoms with Gasteiger partial charge in [-0.2, -0.15) is 0 Å². The van der Waals surface area contributed by atoms with Crippen molar-refractivity contribution in [1.82, 2.24) is 5.32 Å². The normalized spacial score (nSPS) is 12.0. The van der Waals surface area contributed by atoms with Crippen LogP contribution in [0, 0.1) is 5.92 Å². The fourth-order valence-electron chi connectivity index (χ4n) is 1.64. The Kier molecular flexibility index (Phi) is 7.93. The van der Waals surface area contributed by atoms with E-state index in [4.69, 9.17) is 5.11 Å². The third kappa shape index (κ3) is 6.69. The highest BCUT2D eigenvalue weighted by atomic mass is 32.2. The van der Waals surface area contributed by atoms with Crippen molar-refractivity contribution in [2.24, 2.45) is 5.92 Å². The number of para-hydroxylation sites is 1. The predicted octanol–water partition coefficient (Wildman–Crippen LogP) is 2.83. The van der Waals surface area contributed by atoms with Crippen LogP contribution in [0.1, 0.15) is 20.8 Å². The molecule has 1 aromatic carbocycles. The second kappa shape index (κ2) is 9.47. The number of hydrogen-bond donors (Lipinski definition) is 3. The summed E-state index contributed by atoms with van der Waals surface area (Å²) in [5.74, 6) is 0.854. The topological polar surface area (TPSA) is 61.4 Å². The summed E-state index contributed by atoms with van der Waals surface area (Å²) in [4.78, 5) is 13.0. The van der Waals surface area contributed by atoms with E-state index in [1.807, 2.05) is 37.3 Å². The van der Waals surface area contributed by atoms with E-state index in [1.54, 1.807) is 0 Å². The Labute approximate surface area is 131 Å². The number of benzene rings is 1. The van der Waals surface area contributed by atoms with Gasteiger partial charge in [-0.05, 0) is 25.0 Å². The molecular formula is C16H24N2O2S. The molecule has 0 radical (unpaired) electrons. The number of anilines is 1. The molecule has 5 heteroatoms. The minimum Gasteiger partial charge on any atom is -0.396 e. The molecule has 0 bridgehead atoms. The quantitative estimate of drug-likeness (QED) is 0.646. The monoisotopic (exact) mass is 308 g/mol. The second-order valence-corrected chi connectivity index (χ2v) is 6.23. The van der Waals surface area contributed by atoms with Crippen molar-refractivity contribution in [2.45, 2.75) is 20.8 Å². The number of rotatable bonds is 8.